The number of H-pyrrole nitrogens is 1. The summed E-state index contributed by atoms with van der Waals surface area (Å²) in [6.07, 6.45) is 0.764. The van der Waals surface area contributed by atoms with E-state index < -0.39 is 6.03 Å². The number of para-hydroxylation sites is 2. The zero-order valence-corrected chi connectivity index (χ0v) is 9.38. The van der Waals surface area contributed by atoms with Gasteiger partial charge in [-0.05, 0) is 24.1 Å². The number of benzene rings is 1. The Morgan fingerprint density at radius 3 is 3.06 bits per heavy atom. The van der Waals surface area contributed by atoms with E-state index in [1.165, 1.54) is 11.9 Å². The summed E-state index contributed by atoms with van der Waals surface area (Å²) in [7, 11) is 0. The molecule has 0 saturated carbocycles. The standard InChI is InChI=1S/C10H12N4OS/c11-10(15)14-16-6-5-9-12-7-3-1-2-4-8(7)13-9/h1-4H,5-6H2,(H,12,13)(H3,11,14,15). The molecule has 1 aromatic carbocycles. The number of primary amides is 1. The Kier molecular flexibility index (Phi) is 3.31. The first-order chi connectivity index (χ1) is 7.75. The third-order valence-corrected chi connectivity index (χ3v) is 2.81. The number of imidazole rings is 1. The molecule has 0 aliphatic heterocycles. The van der Waals surface area contributed by atoms with Crippen LogP contribution in [0.1, 0.15) is 5.82 Å². The van der Waals surface area contributed by atoms with Gasteiger partial charge in [0.05, 0.1) is 11.0 Å². The molecule has 0 unspecified atom stereocenters. The van der Waals surface area contributed by atoms with Crippen molar-refractivity contribution in [3.05, 3.63) is 30.1 Å². The lowest BCUT2D eigenvalue weighted by atomic mass is 10.3. The molecule has 0 saturated heterocycles. The Morgan fingerprint density at radius 1 is 1.50 bits per heavy atom. The van der Waals surface area contributed by atoms with Gasteiger partial charge in [-0.15, -0.1) is 0 Å². The number of carbonyl (C=O) groups excluding carboxylic acids is 1. The summed E-state index contributed by atoms with van der Waals surface area (Å²) in [6.45, 7) is 0. The van der Waals surface area contributed by atoms with Gasteiger partial charge in [0.1, 0.15) is 5.82 Å². The van der Waals surface area contributed by atoms with Gasteiger partial charge in [0.15, 0.2) is 0 Å². The van der Waals surface area contributed by atoms with Gasteiger partial charge in [0.25, 0.3) is 0 Å². The predicted octanol–water partition coefficient (Wildman–Crippen LogP) is 1.42. The van der Waals surface area contributed by atoms with E-state index in [0.717, 1.165) is 29.0 Å². The number of nitrogens with two attached hydrogens (primary N) is 1. The van der Waals surface area contributed by atoms with Gasteiger partial charge in [0.2, 0.25) is 0 Å². The Bertz CT molecular complexity index is 463. The minimum Gasteiger partial charge on any atom is -0.351 e. The molecule has 0 radical (unpaired) electrons. The van der Waals surface area contributed by atoms with Crippen LogP contribution in [0.4, 0.5) is 4.79 Å². The molecule has 2 aromatic rings. The Balaban J connectivity index is 1.92. The van der Waals surface area contributed by atoms with E-state index in [2.05, 4.69) is 14.7 Å². The van der Waals surface area contributed by atoms with Crippen LogP contribution in [0.25, 0.3) is 11.0 Å². The molecule has 4 N–H and O–H groups in total. The number of aromatic amines is 1. The molecule has 0 aliphatic rings. The molecule has 0 bridgehead atoms. The van der Waals surface area contributed by atoms with Crippen LogP contribution in [0, 0.1) is 0 Å². The molecule has 1 aromatic heterocycles. The zero-order valence-electron chi connectivity index (χ0n) is 8.56. The average molecular weight is 236 g/mol. The molecular weight excluding hydrogens is 224 g/mol. The van der Waals surface area contributed by atoms with E-state index in [0.29, 0.717) is 0 Å². The third-order valence-electron chi connectivity index (χ3n) is 2.05. The minimum absolute atomic E-state index is 0.519. The summed E-state index contributed by atoms with van der Waals surface area (Å²) in [5.41, 5.74) is 6.93. The first kappa shape index (κ1) is 10.8. The molecule has 1 heterocycles. The van der Waals surface area contributed by atoms with Gasteiger partial charge < -0.3 is 10.7 Å². The fourth-order valence-electron chi connectivity index (χ4n) is 1.39. The van der Waals surface area contributed by atoms with E-state index in [4.69, 9.17) is 5.73 Å². The molecule has 0 fully saturated rings. The summed E-state index contributed by atoms with van der Waals surface area (Å²) < 4.78 is 2.46. The number of hydrogen-bond donors (Lipinski definition) is 3. The molecule has 5 nitrogen and oxygen atoms in total. The number of hydrogen-bond acceptors (Lipinski definition) is 3. The van der Waals surface area contributed by atoms with Crippen LogP contribution in [-0.2, 0) is 6.42 Å². The molecule has 84 valence electrons. The van der Waals surface area contributed by atoms with Crippen LogP contribution in [0.15, 0.2) is 24.3 Å². The smallest absolute Gasteiger partial charge is 0.322 e. The minimum atomic E-state index is -0.519. The number of rotatable bonds is 4. The fourth-order valence-corrected chi connectivity index (χ4v) is 1.93. The van der Waals surface area contributed by atoms with E-state index in [1.807, 2.05) is 24.3 Å². The fraction of sp³-hybridized carbons (Fsp3) is 0.200. The van der Waals surface area contributed by atoms with Crippen molar-refractivity contribution in [2.45, 2.75) is 6.42 Å². The van der Waals surface area contributed by atoms with Crippen LogP contribution in [-0.4, -0.2) is 21.8 Å². The van der Waals surface area contributed by atoms with Gasteiger partial charge in [-0.3, -0.25) is 4.72 Å². The highest BCUT2D eigenvalue weighted by atomic mass is 32.2. The summed E-state index contributed by atoms with van der Waals surface area (Å²) in [5, 5.41) is 0. The maximum atomic E-state index is 10.4. The largest absolute Gasteiger partial charge is 0.351 e. The van der Waals surface area contributed by atoms with E-state index in [1.54, 1.807) is 0 Å². The Morgan fingerprint density at radius 2 is 2.31 bits per heavy atom. The van der Waals surface area contributed by atoms with Crippen molar-refractivity contribution >= 4 is 29.0 Å². The number of aromatic nitrogens is 2. The van der Waals surface area contributed by atoms with Crippen LogP contribution in [0.5, 0.6) is 0 Å². The second-order valence-electron chi connectivity index (χ2n) is 3.27. The maximum Gasteiger partial charge on any atom is 0.322 e. The first-order valence-corrected chi connectivity index (χ1v) is 5.85. The van der Waals surface area contributed by atoms with Crippen molar-refractivity contribution in [3.63, 3.8) is 0 Å². The predicted molar refractivity (Wildman–Crippen MR) is 65.0 cm³/mol. The van der Waals surface area contributed by atoms with E-state index in [-0.39, 0.29) is 0 Å². The lowest BCUT2D eigenvalue weighted by Gasteiger charge is -1.98. The summed E-state index contributed by atoms with van der Waals surface area (Å²) >= 11 is 1.28. The molecule has 0 spiro atoms. The van der Waals surface area contributed by atoms with Gasteiger partial charge in [-0.1, -0.05) is 12.1 Å². The molecule has 6 heteroatoms. The monoisotopic (exact) mass is 236 g/mol. The average Bonchev–Trinajstić information content (AvgIpc) is 2.66. The van der Waals surface area contributed by atoms with Crippen LogP contribution >= 0.6 is 11.9 Å². The van der Waals surface area contributed by atoms with Crippen molar-refractivity contribution < 1.29 is 4.79 Å². The highest BCUT2D eigenvalue weighted by Crippen LogP contribution is 2.11. The molecular formula is C10H12N4OS. The molecule has 0 aliphatic carbocycles. The summed E-state index contributed by atoms with van der Waals surface area (Å²) in [6, 6.07) is 7.35. The molecule has 0 atom stereocenters. The topological polar surface area (TPSA) is 83.8 Å². The highest BCUT2D eigenvalue weighted by Gasteiger charge is 2.01. The van der Waals surface area contributed by atoms with Crippen molar-refractivity contribution in [2.75, 3.05) is 5.75 Å². The third kappa shape index (κ3) is 2.66. The number of urea groups is 1. The quantitative estimate of drug-likeness (QED) is 0.554. The zero-order chi connectivity index (χ0) is 11.4. The number of aryl methyl sites for hydroxylation is 1. The molecule has 2 rings (SSSR count). The van der Waals surface area contributed by atoms with Crippen molar-refractivity contribution in [1.29, 1.82) is 0 Å². The second-order valence-corrected chi connectivity index (χ2v) is 4.17. The normalized spacial score (nSPS) is 10.5. The lowest BCUT2D eigenvalue weighted by molar-refractivity contribution is 0.254. The van der Waals surface area contributed by atoms with Crippen LogP contribution in [0.3, 0.4) is 0 Å². The van der Waals surface area contributed by atoms with Gasteiger partial charge in [0, 0.05) is 12.2 Å². The van der Waals surface area contributed by atoms with E-state index >= 15 is 0 Å². The van der Waals surface area contributed by atoms with Gasteiger partial charge in [-0.25, -0.2) is 9.78 Å². The van der Waals surface area contributed by atoms with Gasteiger partial charge in [-0.2, -0.15) is 0 Å². The molecule has 2 amide bonds. The lowest BCUT2D eigenvalue weighted by Crippen LogP contribution is -2.23. The highest BCUT2D eigenvalue weighted by molar-refractivity contribution is 7.97. The van der Waals surface area contributed by atoms with Gasteiger partial charge >= 0.3 is 6.03 Å². The number of carbonyl (C=O) groups is 1. The van der Waals surface area contributed by atoms with Crippen LogP contribution in [0.2, 0.25) is 0 Å². The van der Waals surface area contributed by atoms with Crippen molar-refractivity contribution in [3.8, 4) is 0 Å². The first-order valence-electron chi connectivity index (χ1n) is 4.86. The second kappa shape index (κ2) is 4.89. The molecule has 16 heavy (non-hydrogen) atoms. The summed E-state index contributed by atoms with van der Waals surface area (Å²) in [5.74, 6) is 1.66. The van der Waals surface area contributed by atoms with Crippen molar-refractivity contribution in [1.82, 2.24) is 14.7 Å². The number of nitrogens with zero attached hydrogens (tertiary/aromatic N) is 1. The van der Waals surface area contributed by atoms with Crippen LogP contribution < -0.4 is 10.5 Å². The SMILES string of the molecule is NC(=O)NSCCc1nc2ccccc2[nH]1. The van der Waals surface area contributed by atoms with Crippen molar-refractivity contribution in [2.24, 2.45) is 5.73 Å². The maximum absolute atomic E-state index is 10.4. The number of fused-ring (bicyclic) bond motifs is 1. The Labute approximate surface area is 96.9 Å². The Hall–Kier alpha value is -1.69. The number of nitrogens with one attached hydrogen (secondary N) is 2. The van der Waals surface area contributed by atoms with E-state index in [9.17, 15) is 4.79 Å². The summed E-state index contributed by atoms with van der Waals surface area (Å²) in [4.78, 5) is 18.1. The number of amides is 2.